The second-order valence-electron chi connectivity index (χ2n) is 5.92. The molecule has 1 aliphatic heterocycles. The number of rotatable bonds is 8. The van der Waals surface area contributed by atoms with Crippen molar-refractivity contribution in [1.29, 1.82) is 0 Å². The number of carbonyl (C=O) groups is 1. The van der Waals surface area contributed by atoms with Gasteiger partial charge in [-0.25, -0.2) is 0 Å². The maximum absolute atomic E-state index is 11.3. The summed E-state index contributed by atoms with van der Waals surface area (Å²) in [6.07, 6.45) is 1.72. The van der Waals surface area contributed by atoms with Crippen LogP contribution in [-0.4, -0.2) is 37.5 Å². The summed E-state index contributed by atoms with van der Waals surface area (Å²) < 4.78 is 22.6. The Kier molecular flexibility index (Phi) is 5.93. The van der Waals surface area contributed by atoms with Crippen LogP contribution in [0.3, 0.4) is 0 Å². The van der Waals surface area contributed by atoms with Crippen molar-refractivity contribution in [3.8, 4) is 5.75 Å². The highest BCUT2D eigenvalue weighted by Gasteiger charge is 2.45. The van der Waals surface area contributed by atoms with E-state index in [2.05, 4.69) is 6.58 Å². The van der Waals surface area contributed by atoms with Gasteiger partial charge in [-0.3, -0.25) is 0 Å². The van der Waals surface area contributed by atoms with E-state index in [9.17, 15) is 4.79 Å². The lowest BCUT2D eigenvalue weighted by molar-refractivity contribution is -0.161. The minimum Gasteiger partial charge on any atom is -0.497 e. The zero-order chi connectivity index (χ0) is 16.9. The van der Waals surface area contributed by atoms with E-state index in [0.717, 1.165) is 17.6 Å². The molecule has 0 aromatic heterocycles. The van der Waals surface area contributed by atoms with Crippen molar-refractivity contribution in [3.63, 3.8) is 0 Å². The fraction of sp³-hybridized carbons (Fsp3) is 0.500. The van der Waals surface area contributed by atoms with E-state index in [1.54, 1.807) is 27.0 Å². The second kappa shape index (κ2) is 7.73. The number of ether oxygens (including phenoxy) is 4. The van der Waals surface area contributed by atoms with Gasteiger partial charge in [0, 0.05) is 0 Å². The minimum atomic E-state index is -0.793. The molecule has 0 radical (unpaired) electrons. The molecule has 23 heavy (non-hydrogen) atoms. The molecule has 0 bridgehead atoms. The topological polar surface area (TPSA) is 54.0 Å². The molecule has 126 valence electrons. The third-order valence-corrected chi connectivity index (χ3v) is 3.69. The molecule has 1 aromatic rings. The molecule has 1 aliphatic rings. The minimum absolute atomic E-state index is 0.299. The Balaban J connectivity index is 2.02. The standard InChI is InChI=1S/C18H24O5/c1-5-6-15(17-16(11-19)22-18(2,3)23-17)21-12-13-7-9-14(20-4)10-8-13/h5,7-11,15-17H,1,6,12H2,2-4H3/t15-,16-,17-/m0/s1. The summed E-state index contributed by atoms with van der Waals surface area (Å²) >= 11 is 0. The first-order valence-corrected chi connectivity index (χ1v) is 7.65. The number of hydrogen-bond donors (Lipinski definition) is 0. The lowest BCUT2D eigenvalue weighted by Gasteiger charge is -2.24. The number of benzene rings is 1. The molecule has 0 N–H and O–H groups in total. The van der Waals surface area contributed by atoms with E-state index in [1.807, 2.05) is 24.3 Å². The summed E-state index contributed by atoms with van der Waals surface area (Å²) in [5, 5.41) is 0. The van der Waals surface area contributed by atoms with Crippen LogP contribution >= 0.6 is 0 Å². The van der Waals surface area contributed by atoms with Gasteiger partial charge in [-0.2, -0.15) is 0 Å². The van der Waals surface area contributed by atoms with Gasteiger partial charge < -0.3 is 23.7 Å². The monoisotopic (exact) mass is 320 g/mol. The average Bonchev–Trinajstić information content (AvgIpc) is 2.86. The fourth-order valence-corrected chi connectivity index (χ4v) is 2.60. The van der Waals surface area contributed by atoms with Crippen LogP contribution in [0.1, 0.15) is 25.8 Å². The molecular weight excluding hydrogens is 296 g/mol. The van der Waals surface area contributed by atoms with Crippen molar-refractivity contribution in [2.45, 2.75) is 51.0 Å². The van der Waals surface area contributed by atoms with Gasteiger partial charge in [0.15, 0.2) is 12.1 Å². The maximum atomic E-state index is 11.3. The van der Waals surface area contributed by atoms with Gasteiger partial charge in [-0.05, 0) is 38.0 Å². The molecule has 1 fully saturated rings. The molecule has 1 heterocycles. The SMILES string of the molecule is C=CC[C@H](OCc1ccc(OC)cc1)[C@@H]1OC(C)(C)O[C@H]1C=O. The van der Waals surface area contributed by atoms with Crippen molar-refractivity contribution < 1.29 is 23.7 Å². The van der Waals surface area contributed by atoms with Crippen LogP contribution in [0, 0.1) is 0 Å². The van der Waals surface area contributed by atoms with Crippen LogP contribution in [0.5, 0.6) is 5.75 Å². The van der Waals surface area contributed by atoms with E-state index < -0.39 is 18.0 Å². The summed E-state index contributed by atoms with van der Waals surface area (Å²) in [4.78, 5) is 11.3. The third-order valence-electron chi connectivity index (χ3n) is 3.69. The molecule has 1 aromatic carbocycles. The first kappa shape index (κ1) is 17.7. The second-order valence-corrected chi connectivity index (χ2v) is 5.92. The lowest BCUT2D eigenvalue weighted by atomic mass is 10.1. The number of aldehydes is 1. The van der Waals surface area contributed by atoms with Gasteiger partial charge in [-0.15, -0.1) is 6.58 Å². The zero-order valence-electron chi connectivity index (χ0n) is 13.9. The van der Waals surface area contributed by atoms with Crippen LogP contribution in [0.4, 0.5) is 0 Å². The van der Waals surface area contributed by atoms with Gasteiger partial charge in [0.25, 0.3) is 0 Å². The largest absolute Gasteiger partial charge is 0.497 e. The molecule has 2 rings (SSSR count). The molecule has 0 saturated carbocycles. The summed E-state index contributed by atoms with van der Waals surface area (Å²) in [6.45, 7) is 7.75. The average molecular weight is 320 g/mol. The molecule has 3 atom stereocenters. The quantitative estimate of drug-likeness (QED) is 0.544. The van der Waals surface area contributed by atoms with Crippen molar-refractivity contribution in [3.05, 3.63) is 42.5 Å². The molecule has 0 amide bonds. The maximum Gasteiger partial charge on any atom is 0.164 e. The van der Waals surface area contributed by atoms with Crippen LogP contribution < -0.4 is 4.74 Å². The molecular formula is C18H24O5. The van der Waals surface area contributed by atoms with Crippen LogP contribution in [0.25, 0.3) is 0 Å². The predicted molar refractivity (Wildman–Crippen MR) is 86.3 cm³/mol. The van der Waals surface area contributed by atoms with Crippen LogP contribution in [-0.2, 0) is 25.6 Å². The summed E-state index contributed by atoms with van der Waals surface area (Å²) in [5.41, 5.74) is 1.01. The molecule has 5 nitrogen and oxygen atoms in total. The van der Waals surface area contributed by atoms with Gasteiger partial charge in [-0.1, -0.05) is 18.2 Å². The van der Waals surface area contributed by atoms with Crippen molar-refractivity contribution >= 4 is 6.29 Å². The molecule has 5 heteroatoms. The Hall–Kier alpha value is -1.69. The van der Waals surface area contributed by atoms with Gasteiger partial charge in [0.2, 0.25) is 0 Å². The van der Waals surface area contributed by atoms with E-state index in [0.29, 0.717) is 13.0 Å². The van der Waals surface area contributed by atoms with Gasteiger partial charge in [0.1, 0.15) is 18.0 Å². The summed E-state index contributed by atoms with van der Waals surface area (Å²) in [7, 11) is 1.63. The number of carbonyl (C=O) groups excluding carboxylic acids is 1. The highest BCUT2D eigenvalue weighted by atomic mass is 16.8. The van der Waals surface area contributed by atoms with Crippen LogP contribution in [0.2, 0.25) is 0 Å². The molecule has 0 unspecified atom stereocenters. The Morgan fingerprint density at radius 2 is 2.00 bits per heavy atom. The van der Waals surface area contributed by atoms with E-state index >= 15 is 0 Å². The van der Waals surface area contributed by atoms with Gasteiger partial charge >= 0.3 is 0 Å². The Labute approximate surface area is 137 Å². The first-order valence-electron chi connectivity index (χ1n) is 7.65. The van der Waals surface area contributed by atoms with E-state index in [4.69, 9.17) is 18.9 Å². The third kappa shape index (κ3) is 4.64. The normalized spacial score (nSPS) is 24.1. The smallest absolute Gasteiger partial charge is 0.164 e. The van der Waals surface area contributed by atoms with Crippen molar-refractivity contribution in [2.75, 3.05) is 7.11 Å². The van der Waals surface area contributed by atoms with Crippen molar-refractivity contribution in [2.24, 2.45) is 0 Å². The Morgan fingerprint density at radius 1 is 1.30 bits per heavy atom. The number of methoxy groups -OCH3 is 1. The zero-order valence-corrected chi connectivity index (χ0v) is 13.9. The lowest BCUT2D eigenvalue weighted by Crippen LogP contribution is -2.37. The molecule has 0 spiro atoms. The first-order chi connectivity index (χ1) is 11.0. The highest BCUT2D eigenvalue weighted by molar-refractivity contribution is 5.58. The van der Waals surface area contributed by atoms with E-state index in [1.165, 1.54) is 0 Å². The Bertz CT molecular complexity index is 523. The van der Waals surface area contributed by atoms with E-state index in [-0.39, 0.29) is 6.10 Å². The fourth-order valence-electron chi connectivity index (χ4n) is 2.60. The molecule has 1 saturated heterocycles. The summed E-state index contributed by atoms with van der Waals surface area (Å²) in [6, 6.07) is 7.65. The van der Waals surface area contributed by atoms with Gasteiger partial charge in [0.05, 0.1) is 19.8 Å². The number of hydrogen-bond acceptors (Lipinski definition) is 5. The van der Waals surface area contributed by atoms with Crippen molar-refractivity contribution in [1.82, 2.24) is 0 Å². The summed E-state index contributed by atoms with van der Waals surface area (Å²) in [5.74, 6) is 0.00533. The van der Waals surface area contributed by atoms with Crippen LogP contribution in [0.15, 0.2) is 36.9 Å². The molecule has 0 aliphatic carbocycles. The predicted octanol–water partition coefficient (Wildman–Crippen LogP) is 2.88. The Morgan fingerprint density at radius 3 is 2.57 bits per heavy atom. The highest BCUT2D eigenvalue weighted by Crippen LogP contribution is 2.31.